The molecule has 1 saturated carbocycles. The summed E-state index contributed by atoms with van der Waals surface area (Å²) in [5, 5.41) is 0. The first-order valence-corrected chi connectivity index (χ1v) is 8.47. The number of nitrogens with zero attached hydrogens (tertiary/aromatic N) is 1. The fraction of sp³-hybridized carbons (Fsp3) is 0.571. The minimum atomic E-state index is -4.72. The minimum absolute atomic E-state index is 0.161. The first-order chi connectivity index (χ1) is 10.2. The second kappa shape index (κ2) is 6.16. The molecule has 1 fully saturated rings. The molecule has 1 aliphatic rings. The van der Waals surface area contributed by atoms with Gasteiger partial charge in [-0.3, -0.25) is 0 Å². The van der Waals surface area contributed by atoms with Crippen molar-refractivity contribution >= 4 is 10.0 Å². The molecule has 0 amide bonds. The second-order valence-corrected chi connectivity index (χ2v) is 7.36. The van der Waals surface area contributed by atoms with Gasteiger partial charge in [0.05, 0.1) is 5.56 Å². The highest BCUT2D eigenvalue weighted by atomic mass is 32.2. The predicted molar refractivity (Wildman–Crippen MR) is 73.2 cm³/mol. The maximum Gasteiger partial charge on any atom is 0.416 e. The van der Waals surface area contributed by atoms with Crippen molar-refractivity contribution in [2.45, 2.75) is 37.3 Å². The third-order valence-corrected chi connectivity index (χ3v) is 5.39. The highest BCUT2D eigenvalue weighted by Crippen LogP contribution is 2.34. The average molecular weight is 339 g/mol. The van der Waals surface area contributed by atoms with Crippen LogP contribution in [-0.4, -0.2) is 25.8 Å². The van der Waals surface area contributed by atoms with Crippen LogP contribution in [-0.2, 0) is 16.2 Å². The molecule has 124 valence electrons. The van der Waals surface area contributed by atoms with E-state index in [1.807, 2.05) is 0 Å². The van der Waals surface area contributed by atoms with E-state index in [0.29, 0.717) is 24.6 Å². The van der Waals surface area contributed by atoms with Gasteiger partial charge in [0.25, 0.3) is 0 Å². The van der Waals surface area contributed by atoms with E-state index in [9.17, 15) is 26.0 Å². The molecule has 3 nitrogen and oxygen atoms in total. The van der Waals surface area contributed by atoms with Gasteiger partial charge in [0.1, 0.15) is 10.7 Å². The standard InChI is InChI=1S/C14H17F4NO2S/c1-2-7-19(9-10-3-4-10)22(20,21)13-8-11(14(16,17)18)5-6-12(13)15/h5-6,8,10H,2-4,7,9H2,1H3. The average Bonchev–Trinajstić information content (AvgIpc) is 3.21. The summed E-state index contributed by atoms with van der Waals surface area (Å²) in [7, 11) is -4.27. The van der Waals surface area contributed by atoms with Crippen molar-refractivity contribution in [2.75, 3.05) is 13.1 Å². The molecule has 0 aromatic heterocycles. The van der Waals surface area contributed by atoms with Crippen LogP contribution >= 0.6 is 0 Å². The SMILES string of the molecule is CCCN(CC1CC1)S(=O)(=O)c1cc(C(F)(F)F)ccc1F. The lowest BCUT2D eigenvalue weighted by molar-refractivity contribution is -0.137. The van der Waals surface area contributed by atoms with E-state index in [4.69, 9.17) is 0 Å². The normalized spacial score (nSPS) is 16.3. The van der Waals surface area contributed by atoms with Crippen LogP contribution in [0.2, 0.25) is 0 Å². The summed E-state index contributed by atoms with van der Waals surface area (Å²) >= 11 is 0. The Morgan fingerprint density at radius 3 is 2.41 bits per heavy atom. The number of halogens is 4. The summed E-state index contributed by atoms with van der Waals surface area (Å²) in [6, 6.07) is 1.47. The van der Waals surface area contributed by atoms with E-state index in [1.165, 1.54) is 0 Å². The molecule has 2 rings (SSSR count). The van der Waals surface area contributed by atoms with Crippen molar-refractivity contribution in [2.24, 2.45) is 5.92 Å². The highest BCUT2D eigenvalue weighted by molar-refractivity contribution is 7.89. The van der Waals surface area contributed by atoms with Gasteiger partial charge < -0.3 is 0 Å². The Balaban J connectivity index is 2.41. The molecule has 0 unspecified atom stereocenters. The first kappa shape index (κ1) is 17.2. The van der Waals surface area contributed by atoms with Crippen LogP contribution in [0.1, 0.15) is 31.7 Å². The molecule has 1 aromatic carbocycles. The van der Waals surface area contributed by atoms with Crippen LogP contribution in [0.3, 0.4) is 0 Å². The molecule has 1 aliphatic carbocycles. The largest absolute Gasteiger partial charge is 0.416 e. The Labute approximate surface area is 127 Å². The summed E-state index contributed by atoms with van der Waals surface area (Å²) in [5.41, 5.74) is -1.17. The van der Waals surface area contributed by atoms with E-state index >= 15 is 0 Å². The van der Waals surface area contributed by atoms with Gasteiger partial charge in [0, 0.05) is 13.1 Å². The molecule has 0 aliphatic heterocycles. The smallest absolute Gasteiger partial charge is 0.207 e. The molecule has 1 aromatic rings. The summed E-state index contributed by atoms with van der Waals surface area (Å²) in [6.45, 7) is 2.15. The third kappa shape index (κ3) is 3.78. The van der Waals surface area contributed by atoms with Crippen LogP contribution in [0.15, 0.2) is 23.1 Å². The highest BCUT2D eigenvalue weighted by Gasteiger charge is 2.36. The van der Waals surface area contributed by atoms with Crippen LogP contribution in [0, 0.1) is 11.7 Å². The van der Waals surface area contributed by atoms with Gasteiger partial charge in [0.15, 0.2) is 0 Å². The van der Waals surface area contributed by atoms with E-state index in [-0.39, 0.29) is 19.0 Å². The number of benzene rings is 1. The summed E-state index contributed by atoms with van der Waals surface area (Å²) in [5.74, 6) is -0.944. The van der Waals surface area contributed by atoms with Gasteiger partial charge in [0.2, 0.25) is 10.0 Å². The Kier molecular flexibility index (Phi) is 4.81. The quantitative estimate of drug-likeness (QED) is 0.742. The van der Waals surface area contributed by atoms with E-state index in [2.05, 4.69) is 0 Å². The lowest BCUT2D eigenvalue weighted by atomic mass is 10.2. The van der Waals surface area contributed by atoms with Crippen molar-refractivity contribution in [3.05, 3.63) is 29.6 Å². The molecule has 22 heavy (non-hydrogen) atoms. The fourth-order valence-electron chi connectivity index (χ4n) is 2.16. The van der Waals surface area contributed by atoms with E-state index in [0.717, 1.165) is 17.1 Å². The van der Waals surface area contributed by atoms with Crippen molar-refractivity contribution in [1.29, 1.82) is 0 Å². The number of hydrogen-bond acceptors (Lipinski definition) is 2. The van der Waals surface area contributed by atoms with Gasteiger partial charge in [-0.25, -0.2) is 12.8 Å². The monoisotopic (exact) mass is 339 g/mol. The van der Waals surface area contributed by atoms with Crippen molar-refractivity contribution < 1.29 is 26.0 Å². The van der Waals surface area contributed by atoms with Gasteiger partial charge in [-0.2, -0.15) is 17.5 Å². The molecule has 0 N–H and O–H groups in total. The van der Waals surface area contributed by atoms with Crippen LogP contribution in [0.4, 0.5) is 17.6 Å². The zero-order chi connectivity index (χ0) is 16.5. The van der Waals surface area contributed by atoms with Gasteiger partial charge >= 0.3 is 6.18 Å². The zero-order valence-corrected chi connectivity index (χ0v) is 12.8. The molecule has 0 saturated heterocycles. The number of sulfonamides is 1. The lowest BCUT2D eigenvalue weighted by Gasteiger charge is -2.22. The van der Waals surface area contributed by atoms with Gasteiger partial charge in [-0.05, 0) is 43.4 Å². The van der Waals surface area contributed by atoms with Crippen molar-refractivity contribution in [1.82, 2.24) is 4.31 Å². The van der Waals surface area contributed by atoms with Crippen LogP contribution < -0.4 is 0 Å². The Morgan fingerprint density at radius 2 is 1.91 bits per heavy atom. The number of alkyl halides is 3. The van der Waals surface area contributed by atoms with Crippen LogP contribution in [0.5, 0.6) is 0 Å². The predicted octanol–water partition coefficient (Wildman–Crippen LogP) is 3.66. The van der Waals surface area contributed by atoms with Crippen molar-refractivity contribution in [3.8, 4) is 0 Å². The van der Waals surface area contributed by atoms with Gasteiger partial charge in [-0.1, -0.05) is 6.92 Å². The maximum absolute atomic E-state index is 13.8. The second-order valence-electron chi connectivity index (χ2n) is 5.45. The molecule has 0 atom stereocenters. The molecule has 0 radical (unpaired) electrons. The molecule has 0 bridgehead atoms. The first-order valence-electron chi connectivity index (χ1n) is 7.03. The molecule has 0 heterocycles. The zero-order valence-electron chi connectivity index (χ0n) is 12.0. The minimum Gasteiger partial charge on any atom is -0.207 e. The lowest BCUT2D eigenvalue weighted by Crippen LogP contribution is -2.34. The third-order valence-electron chi connectivity index (χ3n) is 3.51. The molecule has 8 heteroatoms. The molecular weight excluding hydrogens is 322 g/mol. The van der Waals surface area contributed by atoms with Gasteiger partial charge in [-0.15, -0.1) is 0 Å². The summed E-state index contributed by atoms with van der Waals surface area (Å²) in [4.78, 5) is -0.906. The number of hydrogen-bond donors (Lipinski definition) is 0. The Hall–Kier alpha value is -1.15. The Bertz CT molecular complexity index is 639. The van der Waals surface area contributed by atoms with Crippen molar-refractivity contribution in [3.63, 3.8) is 0 Å². The Morgan fingerprint density at radius 1 is 1.27 bits per heavy atom. The molecular formula is C14H17F4NO2S. The molecule has 0 spiro atoms. The summed E-state index contributed by atoms with van der Waals surface area (Å²) < 4.78 is 78.1. The number of rotatable bonds is 6. The van der Waals surface area contributed by atoms with E-state index in [1.54, 1.807) is 6.92 Å². The topological polar surface area (TPSA) is 37.4 Å². The fourth-order valence-corrected chi connectivity index (χ4v) is 3.86. The maximum atomic E-state index is 13.8. The summed E-state index contributed by atoms with van der Waals surface area (Å²) in [6.07, 6.45) is -2.43. The van der Waals surface area contributed by atoms with Crippen LogP contribution in [0.25, 0.3) is 0 Å². The van der Waals surface area contributed by atoms with E-state index < -0.39 is 32.5 Å².